The molecule has 2 nitrogen and oxygen atoms in total. The number of rotatable bonds is 4. The molecule has 2 aromatic heterocycles. The van der Waals surface area contributed by atoms with Crippen LogP contribution in [0.4, 0.5) is 0 Å². The molecule has 10 rings (SSSR count). The molecule has 236 valence electrons. The van der Waals surface area contributed by atoms with Gasteiger partial charge in [0.1, 0.15) is 0 Å². The minimum Gasteiger partial charge on any atom is -0.309 e. The van der Waals surface area contributed by atoms with Gasteiger partial charge in [0.05, 0.1) is 22.1 Å². The van der Waals surface area contributed by atoms with Crippen molar-refractivity contribution in [1.82, 2.24) is 9.13 Å². The summed E-state index contributed by atoms with van der Waals surface area (Å²) in [5.41, 5.74) is 14.8. The number of hydrogen-bond donors (Lipinski definition) is 0. The molecule has 0 aliphatic carbocycles. The van der Waals surface area contributed by atoms with Crippen LogP contribution in [0.3, 0.4) is 0 Å². The van der Waals surface area contributed by atoms with Gasteiger partial charge in [-0.2, -0.15) is 0 Å². The van der Waals surface area contributed by atoms with Crippen molar-refractivity contribution < 1.29 is 0 Å². The summed E-state index contributed by atoms with van der Waals surface area (Å²) in [6.45, 7) is 4.44. The fraction of sp³-hybridized carbons (Fsp3) is 0.0417. The lowest BCUT2D eigenvalue weighted by atomic mass is 9.89. The normalized spacial score (nSPS) is 11.8. The van der Waals surface area contributed by atoms with Gasteiger partial charge in [0.25, 0.3) is 0 Å². The molecule has 0 bridgehead atoms. The van der Waals surface area contributed by atoms with Gasteiger partial charge in [0, 0.05) is 32.9 Å². The van der Waals surface area contributed by atoms with Crippen LogP contribution < -0.4 is 0 Å². The molecule has 0 radical (unpaired) electrons. The molecule has 0 saturated carbocycles. The Kier molecular flexibility index (Phi) is 6.34. The molecule has 0 saturated heterocycles. The van der Waals surface area contributed by atoms with Crippen molar-refractivity contribution in [3.05, 3.63) is 181 Å². The monoisotopic (exact) mass is 638 g/mol. The fourth-order valence-electron chi connectivity index (χ4n) is 8.09. The molecule has 50 heavy (non-hydrogen) atoms. The number of fused-ring (bicyclic) bond motifs is 7. The molecular formula is C48H34N2. The highest BCUT2D eigenvalue weighted by atomic mass is 15.0. The summed E-state index contributed by atoms with van der Waals surface area (Å²) in [6, 6.07) is 62.3. The Morgan fingerprint density at radius 2 is 0.600 bits per heavy atom. The SMILES string of the molecule is Cc1cc2c(-c3ccc(-n4c5ccccc5c5ccccc54)cc3)ccc(-c3ccc(-n4c5ccccc5c5ccccc54)cc3)c2cc1C. The maximum Gasteiger partial charge on any atom is 0.0541 e. The second-order valence-electron chi connectivity index (χ2n) is 13.5. The van der Waals surface area contributed by atoms with E-state index in [2.05, 4.69) is 193 Å². The van der Waals surface area contributed by atoms with Gasteiger partial charge in [-0.05, 0) is 107 Å². The van der Waals surface area contributed by atoms with Crippen molar-refractivity contribution in [1.29, 1.82) is 0 Å². The van der Waals surface area contributed by atoms with Crippen LogP contribution >= 0.6 is 0 Å². The van der Waals surface area contributed by atoms with Crippen LogP contribution in [0.1, 0.15) is 11.1 Å². The Balaban J connectivity index is 1.08. The third-order valence-electron chi connectivity index (χ3n) is 10.7. The smallest absolute Gasteiger partial charge is 0.0541 e. The Labute approximate surface area is 291 Å². The lowest BCUT2D eigenvalue weighted by Gasteiger charge is -2.16. The van der Waals surface area contributed by atoms with E-state index in [4.69, 9.17) is 0 Å². The molecule has 2 heteroatoms. The molecule has 0 N–H and O–H groups in total. The van der Waals surface area contributed by atoms with E-state index < -0.39 is 0 Å². The van der Waals surface area contributed by atoms with Crippen LogP contribution in [0.15, 0.2) is 170 Å². The van der Waals surface area contributed by atoms with E-state index in [1.54, 1.807) is 0 Å². The predicted molar refractivity (Wildman–Crippen MR) is 213 cm³/mol. The van der Waals surface area contributed by atoms with Gasteiger partial charge in [-0.1, -0.05) is 121 Å². The Morgan fingerprint density at radius 3 is 0.920 bits per heavy atom. The minimum absolute atomic E-state index is 1.17. The number of aryl methyl sites for hydroxylation is 2. The van der Waals surface area contributed by atoms with Crippen LogP contribution in [0.5, 0.6) is 0 Å². The van der Waals surface area contributed by atoms with Crippen LogP contribution in [0.25, 0.3) is 88.0 Å². The van der Waals surface area contributed by atoms with Gasteiger partial charge >= 0.3 is 0 Å². The minimum atomic E-state index is 1.17. The first-order valence-electron chi connectivity index (χ1n) is 17.4. The van der Waals surface area contributed by atoms with Crippen LogP contribution in [0, 0.1) is 13.8 Å². The molecule has 0 fully saturated rings. The highest BCUT2D eigenvalue weighted by Crippen LogP contribution is 2.39. The van der Waals surface area contributed by atoms with E-state index in [0.29, 0.717) is 0 Å². The molecule has 10 aromatic rings. The number of benzene rings is 8. The standard InChI is InChI=1S/C48H34N2/c1-31-29-43-37(33-19-23-35(24-20-33)49-45-15-7-3-11-39(45)40-12-4-8-16-46(40)49)27-28-38(44(43)30-32(31)2)34-21-25-36(26-22-34)50-47-17-9-5-13-41(47)42-14-6-10-18-48(42)50/h3-30H,1-2H3. The van der Waals surface area contributed by atoms with E-state index in [1.165, 1.54) is 99.1 Å². The van der Waals surface area contributed by atoms with E-state index >= 15 is 0 Å². The van der Waals surface area contributed by atoms with Crippen molar-refractivity contribution in [3.8, 4) is 33.6 Å². The van der Waals surface area contributed by atoms with E-state index in [-0.39, 0.29) is 0 Å². The van der Waals surface area contributed by atoms with Gasteiger partial charge in [-0.3, -0.25) is 0 Å². The average Bonchev–Trinajstić information content (AvgIpc) is 3.68. The van der Waals surface area contributed by atoms with Gasteiger partial charge < -0.3 is 9.13 Å². The van der Waals surface area contributed by atoms with Gasteiger partial charge in [0.15, 0.2) is 0 Å². The zero-order chi connectivity index (χ0) is 33.3. The van der Waals surface area contributed by atoms with Crippen molar-refractivity contribution in [2.45, 2.75) is 13.8 Å². The summed E-state index contributed by atoms with van der Waals surface area (Å²) in [4.78, 5) is 0. The molecule has 0 atom stereocenters. The largest absolute Gasteiger partial charge is 0.309 e. The van der Waals surface area contributed by atoms with E-state index in [9.17, 15) is 0 Å². The first kappa shape index (κ1) is 28.6. The third-order valence-corrected chi connectivity index (χ3v) is 10.7. The van der Waals surface area contributed by atoms with Gasteiger partial charge in [-0.25, -0.2) is 0 Å². The quantitative estimate of drug-likeness (QED) is 0.182. The molecule has 0 aliphatic rings. The van der Waals surface area contributed by atoms with Crippen molar-refractivity contribution in [3.63, 3.8) is 0 Å². The van der Waals surface area contributed by atoms with E-state index in [1.807, 2.05) is 0 Å². The number of para-hydroxylation sites is 4. The lowest BCUT2D eigenvalue weighted by Crippen LogP contribution is -1.95. The van der Waals surface area contributed by atoms with Gasteiger partial charge in [0.2, 0.25) is 0 Å². The van der Waals surface area contributed by atoms with Gasteiger partial charge in [-0.15, -0.1) is 0 Å². The van der Waals surface area contributed by atoms with Crippen LogP contribution in [-0.2, 0) is 0 Å². The third kappa shape index (κ3) is 4.28. The molecule has 0 amide bonds. The zero-order valence-corrected chi connectivity index (χ0v) is 28.1. The second-order valence-corrected chi connectivity index (χ2v) is 13.5. The summed E-state index contributed by atoms with van der Waals surface area (Å²) in [5.74, 6) is 0. The number of aromatic nitrogens is 2. The van der Waals surface area contributed by atoms with E-state index in [0.717, 1.165) is 0 Å². The summed E-state index contributed by atoms with van der Waals surface area (Å²) < 4.78 is 4.76. The van der Waals surface area contributed by atoms with Crippen molar-refractivity contribution in [2.75, 3.05) is 0 Å². The summed E-state index contributed by atoms with van der Waals surface area (Å²) in [6.07, 6.45) is 0. The van der Waals surface area contributed by atoms with Crippen LogP contribution in [0.2, 0.25) is 0 Å². The molecule has 8 aromatic carbocycles. The Bertz CT molecular complexity index is 2610. The van der Waals surface area contributed by atoms with Crippen molar-refractivity contribution in [2.24, 2.45) is 0 Å². The molecular weight excluding hydrogens is 605 g/mol. The molecule has 0 aliphatic heterocycles. The maximum atomic E-state index is 2.38. The number of hydrogen-bond acceptors (Lipinski definition) is 0. The highest BCUT2D eigenvalue weighted by Gasteiger charge is 2.16. The second kappa shape index (κ2) is 11.1. The summed E-state index contributed by atoms with van der Waals surface area (Å²) >= 11 is 0. The first-order valence-corrected chi connectivity index (χ1v) is 17.4. The summed E-state index contributed by atoms with van der Waals surface area (Å²) in [7, 11) is 0. The van der Waals surface area contributed by atoms with Crippen molar-refractivity contribution >= 4 is 54.4 Å². The lowest BCUT2D eigenvalue weighted by molar-refractivity contribution is 1.18. The highest BCUT2D eigenvalue weighted by molar-refractivity contribution is 6.11. The zero-order valence-electron chi connectivity index (χ0n) is 28.1. The molecule has 0 unspecified atom stereocenters. The first-order chi connectivity index (χ1) is 24.6. The topological polar surface area (TPSA) is 9.86 Å². The molecule has 0 spiro atoms. The predicted octanol–water partition coefficient (Wildman–Crippen LogP) is 13.0. The Hall–Kier alpha value is -6.38. The molecule has 2 heterocycles. The summed E-state index contributed by atoms with van der Waals surface area (Å²) in [5, 5.41) is 7.68. The maximum absolute atomic E-state index is 2.38. The fourth-order valence-corrected chi connectivity index (χ4v) is 8.09. The number of nitrogens with zero attached hydrogens (tertiary/aromatic N) is 2. The Morgan fingerprint density at radius 1 is 0.300 bits per heavy atom. The average molecular weight is 639 g/mol. The van der Waals surface area contributed by atoms with Crippen LogP contribution in [-0.4, -0.2) is 9.13 Å².